The molecule has 0 atom stereocenters. The predicted molar refractivity (Wildman–Crippen MR) is 219 cm³/mol. The van der Waals surface area contributed by atoms with Gasteiger partial charge in [-0.3, -0.25) is 19.2 Å². The third kappa shape index (κ3) is 23.9. The van der Waals surface area contributed by atoms with Gasteiger partial charge in [-0.25, -0.2) is 0 Å². The molecule has 0 heterocycles. The van der Waals surface area contributed by atoms with E-state index < -0.39 is 11.9 Å². The number of esters is 2. The Morgan fingerprint density at radius 3 is 1.04 bits per heavy atom. The SMILES string of the molecule is CCCCCCCCCCCCOc1ccc(OC(=O)CCCCCCC(=O)Oc2ccc(OCCCCCCCCCCCC)ccc2=O)c(=O)cc1. The fourth-order valence-corrected chi connectivity index (χ4v) is 6.23. The minimum atomic E-state index is -0.475. The van der Waals surface area contributed by atoms with E-state index >= 15 is 0 Å². The van der Waals surface area contributed by atoms with Crippen LogP contribution in [0.4, 0.5) is 0 Å². The molecule has 2 aromatic rings. The lowest BCUT2D eigenvalue weighted by atomic mass is 10.1. The lowest BCUT2D eigenvalue weighted by molar-refractivity contribution is -0.135. The highest BCUT2D eigenvalue weighted by atomic mass is 16.5. The van der Waals surface area contributed by atoms with Gasteiger partial charge in [0.15, 0.2) is 11.5 Å². The van der Waals surface area contributed by atoms with E-state index in [-0.39, 0.29) is 35.2 Å². The van der Waals surface area contributed by atoms with Gasteiger partial charge in [-0.15, -0.1) is 0 Å². The molecule has 0 radical (unpaired) electrons. The van der Waals surface area contributed by atoms with E-state index in [9.17, 15) is 19.2 Å². The van der Waals surface area contributed by atoms with Gasteiger partial charge in [0, 0.05) is 12.8 Å². The summed E-state index contributed by atoms with van der Waals surface area (Å²) >= 11 is 0. The summed E-state index contributed by atoms with van der Waals surface area (Å²) in [6.45, 7) is 5.65. The number of hydrogen-bond donors (Lipinski definition) is 0. The molecule has 0 aromatic heterocycles. The number of rotatable bonds is 33. The molecule has 0 bridgehead atoms. The number of unbranched alkanes of at least 4 members (excludes halogenated alkanes) is 21. The molecule has 0 aliphatic heterocycles. The summed E-state index contributed by atoms with van der Waals surface area (Å²) in [5.41, 5.74) is -0.756. The van der Waals surface area contributed by atoms with Gasteiger partial charge in [0.05, 0.1) is 13.2 Å². The van der Waals surface area contributed by atoms with E-state index in [1.165, 1.54) is 127 Å². The minimum absolute atomic E-state index is 0.0173. The molecule has 54 heavy (non-hydrogen) atoms. The van der Waals surface area contributed by atoms with Crippen LogP contribution in [0.15, 0.2) is 58.1 Å². The van der Waals surface area contributed by atoms with Crippen LogP contribution in [0.5, 0.6) is 23.0 Å². The van der Waals surface area contributed by atoms with Crippen LogP contribution >= 0.6 is 0 Å². The van der Waals surface area contributed by atoms with Crippen molar-refractivity contribution in [2.75, 3.05) is 13.2 Å². The lowest BCUT2D eigenvalue weighted by Crippen LogP contribution is -2.13. The molecule has 0 fully saturated rings. The second-order valence-corrected chi connectivity index (χ2v) is 14.5. The molecule has 0 saturated carbocycles. The van der Waals surface area contributed by atoms with Crippen molar-refractivity contribution in [2.45, 2.75) is 181 Å². The summed E-state index contributed by atoms with van der Waals surface area (Å²) in [6.07, 6.45) is 27.9. The first-order chi connectivity index (χ1) is 26.4. The molecule has 0 N–H and O–H groups in total. The molecule has 0 unspecified atom stereocenters. The molecular formula is C46H70O8. The zero-order valence-electron chi connectivity index (χ0n) is 33.7. The Hall–Kier alpha value is -3.68. The molecule has 2 rings (SSSR count). The van der Waals surface area contributed by atoms with Crippen molar-refractivity contribution in [3.05, 3.63) is 69.0 Å². The third-order valence-electron chi connectivity index (χ3n) is 9.57. The average Bonchev–Trinajstić information content (AvgIpc) is 3.45. The third-order valence-corrected chi connectivity index (χ3v) is 9.57. The summed E-state index contributed by atoms with van der Waals surface area (Å²) < 4.78 is 22.3. The zero-order chi connectivity index (χ0) is 38.9. The summed E-state index contributed by atoms with van der Waals surface area (Å²) in [5.74, 6) is 0.164. The van der Waals surface area contributed by atoms with Crippen molar-refractivity contribution in [3.8, 4) is 23.0 Å². The van der Waals surface area contributed by atoms with Gasteiger partial charge in [-0.2, -0.15) is 0 Å². The molecule has 0 saturated heterocycles. The van der Waals surface area contributed by atoms with Gasteiger partial charge in [0.1, 0.15) is 11.5 Å². The molecule has 302 valence electrons. The van der Waals surface area contributed by atoms with Gasteiger partial charge < -0.3 is 18.9 Å². The summed E-state index contributed by atoms with van der Waals surface area (Å²) in [7, 11) is 0. The summed E-state index contributed by atoms with van der Waals surface area (Å²) in [6, 6.07) is 12.3. The molecule has 0 spiro atoms. The van der Waals surface area contributed by atoms with Gasteiger partial charge in [-0.05, 0) is 74.2 Å². The van der Waals surface area contributed by atoms with Gasteiger partial charge in [-0.1, -0.05) is 142 Å². The van der Waals surface area contributed by atoms with Crippen molar-refractivity contribution in [2.24, 2.45) is 0 Å². The van der Waals surface area contributed by atoms with Crippen LogP contribution in [0.1, 0.15) is 181 Å². The maximum atomic E-state index is 12.4. The van der Waals surface area contributed by atoms with Crippen LogP contribution in [0.25, 0.3) is 0 Å². The first-order valence-corrected chi connectivity index (χ1v) is 21.4. The number of carbonyl (C=O) groups excluding carboxylic acids is 2. The van der Waals surface area contributed by atoms with E-state index in [1.807, 2.05) is 0 Å². The molecule has 8 heteroatoms. The van der Waals surface area contributed by atoms with Crippen LogP contribution in [0.3, 0.4) is 0 Å². The number of carbonyl (C=O) groups is 2. The smallest absolute Gasteiger partial charge is 0.311 e. The van der Waals surface area contributed by atoms with Crippen molar-refractivity contribution >= 4 is 11.9 Å². The van der Waals surface area contributed by atoms with Crippen LogP contribution in [-0.2, 0) is 9.59 Å². The second kappa shape index (κ2) is 31.6. The first kappa shape index (κ1) is 46.5. The van der Waals surface area contributed by atoms with Crippen molar-refractivity contribution in [3.63, 3.8) is 0 Å². The van der Waals surface area contributed by atoms with E-state index in [0.717, 1.165) is 25.7 Å². The first-order valence-electron chi connectivity index (χ1n) is 21.4. The highest BCUT2D eigenvalue weighted by molar-refractivity contribution is 5.72. The van der Waals surface area contributed by atoms with Crippen molar-refractivity contribution in [1.82, 2.24) is 0 Å². The van der Waals surface area contributed by atoms with Crippen LogP contribution in [0.2, 0.25) is 0 Å². The second-order valence-electron chi connectivity index (χ2n) is 14.5. The van der Waals surface area contributed by atoms with Crippen molar-refractivity contribution < 1.29 is 28.5 Å². The van der Waals surface area contributed by atoms with E-state index in [4.69, 9.17) is 18.9 Å². The van der Waals surface area contributed by atoms with Crippen LogP contribution in [-0.4, -0.2) is 25.2 Å². The Kier molecular flexibility index (Phi) is 27.2. The maximum Gasteiger partial charge on any atom is 0.311 e. The largest absolute Gasteiger partial charge is 0.494 e. The molecule has 0 aliphatic carbocycles. The monoisotopic (exact) mass is 751 g/mol. The van der Waals surface area contributed by atoms with Crippen molar-refractivity contribution in [1.29, 1.82) is 0 Å². The minimum Gasteiger partial charge on any atom is -0.494 e. The fraction of sp³-hybridized carbons (Fsp3) is 0.652. The Morgan fingerprint density at radius 2 is 0.685 bits per heavy atom. The van der Waals surface area contributed by atoms with E-state index in [0.29, 0.717) is 50.4 Å². The maximum absolute atomic E-state index is 12.4. The van der Waals surface area contributed by atoms with Gasteiger partial charge in [0.25, 0.3) is 0 Å². The standard InChI is InChI=1S/C46H70O8/c1-3-5-7-9-11-13-15-17-21-25-37-51-39-29-33-41(47)43(35-31-39)53-45(49)27-23-19-20-24-28-46(50)54-44-36-32-40(30-34-42(44)48)52-38-26-22-18-16-14-12-10-8-6-4-2/h29-36H,3-28,37-38H2,1-2H3. The molecule has 8 nitrogen and oxygen atoms in total. The number of ether oxygens (including phenoxy) is 4. The fourth-order valence-electron chi connectivity index (χ4n) is 6.23. The normalized spacial score (nSPS) is 10.9. The average molecular weight is 751 g/mol. The van der Waals surface area contributed by atoms with Gasteiger partial charge in [0.2, 0.25) is 10.9 Å². The molecule has 0 aliphatic rings. The quantitative estimate of drug-likeness (QED) is 0.0524. The predicted octanol–water partition coefficient (Wildman–Crippen LogP) is 11.9. The lowest BCUT2D eigenvalue weighted by Gasteiger charge is -2.05. The molecular weight excluding hydrogens is 680 g/mol. The van der Waals surface area contributed by atoms with E-state index in [1.54, 1.807) is 24.3 Å². The summed E-state index contributed by atoms with van der Waals surface area (Å²) in [4.78, 5) is 49.7. The Balaban J connectivity index is 1.56. The molecule has 0 amide bonds. The Bertz CT molecular complexity index is 1300. The van der Waals surface area contributed by atoms with Gasteiger partial charge >= 0.3 is 11.9 Å². The van der Waals surface area contributed by atoms with Crippen LogP contribution < -0.4 is 29.8 Å². The number of hydrogen-bond acceptors (Lipinski definition) is 8. The highest BCUT2D eigenvalue weighted by Gasteiger charge is 2.10. The topological polar surface area (TPSA) is 105 Å². The van der Waals surface area contributed by atoms with E-state index in [2.05, 4.69) is 13.8 Å². The zero-order valence-corrected chi connectivity index (χ0v) is 33.7. The Morgan fingerprint density at radius 1 is 0.389 bits per heavy atom. The van der Waals surface area contributed by atoms with Crippen LogP contribution in [0, 0.1) is 0 Å². The molecule has 2 aromatic carbocycles. The summed E-state index contributed by atoms with van der Waals surface area (Å²) in [5, 5.41) is 0. The Labute approximate surface area is 325 Å². The highest BCUT2D eigenvalue weighted by Crippen LogP contribution is 2.17.